The molecule has 2 aromatic heterocycles. The molecule has 1 fully saturated rings. The molecule has 5 nitrogen and oxygen atoms in total. The Balaban J connectivity index is 1.75. The van der Waals surface area contributed by atoms with E-state index in [2.05, 4.69) is 16.1 Å². The monoisotopic (exact) mass is 319 g/mol. The Morgan fingerprint density at radius 2 is 2.18 bits per heavy atom. The summed E-state index contributed by atoms with van der Waals surface area (Å²) in [5.74, 6) is 2.09. The van der Waals surface area contributed by atoms with E-state index in [1.165, 1.54) is 23.0 Å². The molecule has 0 unspecified atom stereocenters. The van der Waals surface area contributed by atoms with Crippen molar-refractivity contribution >= 4 is 17.4 Å². The van der Waals surface area contributed by atoms with Gasteiger partial charge >= 0.3 is 0 Å². The van der Waals surface area contributed by atoms with Crippen molar-refractivity contribution in [3.8, 4) is 5.75 Å². The highest BCUT2D eigenvalue weighted by Crippen LogP contribution is 2.21. The van der Waals surface area contributed by atoms with E-state index in [0.717, 1.165) is 24.7 Å². The Hall–Kier alpha value is -1.53. The van der Waals surface area contributed by atoms with Crippen molar-refractivity contribution in [1.29, 1.82) is 0 Å². The number of nitrogens with zero attached hydrogens (tertiary/aromatic N) is 3. The minimum absolute atomic E-state index is 0.0418. The molecule has 3 rings (SSSR count). The van der Waals surface area contributed by atoms with Crippen molar-refractivity contribution in [3.05, 3.63) is 40.4 Å². The van der Waals surface area contributed by atoms with Gasteiger partial charge in [0.1, 0.15) is 0 Å². The SMILES string of the molecule is CSCC1CCN(Cc2cc(=O)n3cccc(O)c3n2)CC1. The molecule has 0 aromatic carbocycles. The average molecular weight is 319 g/mol. The van der Waals surface area contributed by atoms with Crippen LogP contribution in [0.25, 0.3) is 5.65 Å². The van der Waals surface area contributed by atoms with Crippen LogP contribution in [-0.4, -0.2) is 44.5 Å². The number of piperidine rings is 1. The molecule has 0 atom stereocenters. The highest BCUT2D eigenvalue weighted by atomic mass is 32.2. The highest BCUT2D eigenvalue weighted by molar-refractivity contribution is 7.98. The molecule has 0 amide bonds. The Labute approximate surface area is 134 Å². The fourth-order valence-corrected chi connectivity index (χ4v) is 3.82. The van der Waals surface area contributed by atoms with Gasteiger partial charge in [-0.15, -0.1) is 0 Å². The second-order valence-electron chi connectivity index (χ2n) is 5.85. The zero-order valence-electron chi connectivity index (χ0n) is 12.7. The zero-order chi connectivity index (χ0) is 15.5. The largest absolute Gasteiger partial charge is 0.504 e. The van der Waals surface area contributed by atoms with Crippen molar-refractivity contribution < 1.29 is 5.11 Å². The van der Waals surface area contributed by atoms with Gasteiger partial charge in [-0.25, -0.2) is 4.98 Å². The summed E-state index contributed by atoms with van der Waals surface area (Å²) in [5.41, 5.74) is 0.922. The van der Waals surface area contributed by atoms with Crippen molar-refractivity contribution in [1.82, 2.24) is 14.3 Å². The quantitative estimate of drug-likeness (QED) is 0.934. The van der Waals surface area contributed by atoms with E-state index >= 15 is 0 Å². The zero-order valence-corrected chi connectivity index (χ0v) is 13.6. The van der Waals surface area contributed by atoms with Crippen LogP contribution in [0.3, 0.4) is 0 Å². The van der Waals surface area contributed by atoms with E-state index in [1.54, 1.807) is 24.4 Å². The number of likely N-dealkylation sites (tertiary alicyclic amines) is 1. The first kappa shape index (κ1) is 15.4. The second-order valence-corrected chi connectivity index (χ2v) is 6.76. The Bertz CT molecular complexity index is 708. The summed E-state index contributed by atoms with van der Waals surface area (Å²) in [5, 5.41) is 9.88. The Morgan fingerprint density at radius 1 is 1.41 bits per heavy atom. The maximum atomic E-state index is 12.1. The lowest BCUT2D eigenvalue weighted by molar-refractivity contribution is 0.185. The fraction of sp³-hybridized carbons (Fsp3) is 0.500. The molecular weight excluding hydrogens is 298 g/mol. The topological polar surface area (TPSA) is 57.8 Å². The minimum Gasteiger partial charge on any atom is -0.504 e. The predicted octanol–water partition coefficient (Wildman–Crippen LogP) is 1.98. The molecule has 0 radical (unpaired) electrons. The van der Waals surface area contributed by atoms with Gasteiger partial charge in [0.15, 0.2) is 11.4 Å². The molecule has 0 spiro atoms. The average Bonchev–Trinajstić information content (AvgIpc) is 2.51. The third-order valence-electron chi connectivity index (χ3n) is 4.22. The normalized spacial score (nSPS) is 17.1. The molecule has 2 aromatic rings. The molecule has 118 valence electrons. The Morgan fingerprint density at radius 3 is 2.91 bits per heavy atom. The third-order valence-corrected chi connectivity index (χ3v) is 5.02. The van der Waals surface area contributed by atoms with E-state index < -0.39 is 0 Å². The smallest absolute Gasteiger partial charge is 0.258 e. The van der Waals surface area contributed by atoms with E-state index in [4.69, 9.17) is 0 Å². The summed E-state index contributed by atoms with van der Waals surface area (Å²) >= 11 is 1.92. The first-order valence-electron chi connectivity index (χ1n) is 7.59. The van der Waals surface area contributed by atoms with Gasteiger partial charge in [-0.2, -0.15) is 11.8 Å². The molecule has 3 heterocycles. The number of fused-ring (bicyclic) bond motifs is 1. The van der Waals surface area contributed by atoms with Crippen LogP contribution in [0.1, 0.15) is 18.5 Å². The molecule has 22 heavy (non-hydrogen) atoms. The molecule has 0 bridgehead atoms. The van der Waals surface area contributed by atoms with E-state index in [9.17, 15) is 9.90 Å². The number of hydrogen-bond acceptors (Lipinski definition) is 5. The van der Waals surface area contributed by atoms with Crippen LogP contribution in [0.4, 0.5) is 0 Å². The summed E-state index contributed by atoms with van der Waals surface area (Å²) in [6.07, 6.45) is 6.20. The van der Waals surface area contributed by atoms with Gasteiger partial charge in [-0.05, 0) is 56.0 Å². The maximum absolute atomic E-state index is 12.1. The summed E-state index contributed by atoms with van der Waals surface area (Å²) < 4.78 is 1.38. The molecule has 0 aliphatic carbocycles. The van der Waals surface area contributed by atoms with Crippen LogP contribution in [0, 0.1) is 5.92 Å². The van der Waals surface area contributed by atoms with Crippen LogP contribution in [0.5, 0.6) is 5.75 Å². The Kier molecular flexibility index (Phi) is 4.69. The maximum Gasteiger partial charge on any atom is 0.258 e. The van der Waals surface area contributed by atoms with Crippen molar-refractivity contribution in [2.75, 3.05) is 25.1 Å². The summed E-state index contributed by atoms with van der Waals surface area (Å²) in [4.78, 5) is 18.9. The number of aromatic nitrogens is 2. The van der Waals surface area contributed by atoms with E-state index in [1.807, 2.05) is 11.8 Å². The number of thioether (sulfide) groups is 1. The first-order valence-corrected chi connectivity index (χ1v) is 8.98. The lowest BCUT2D eigenvalue weighted by atomic mass is 9.99. The van der Waals surface area contributed by atoms with Gasteiger partial charge in [-0.1, -0.05) is 0 Å². The highest BCUT2D eigenvalue weighted by Gasteiger charge is 2.19. The van der Waals surface area contributed by atoms with Gasteiger partial charge in [-0.3, -0.25) is 14.1 Å². The molecule has 1 aliphatic heterocycles. The van der Waals surface area contributed by atoms with Gasteiger partial charge in [0.2, 0.25) is 0 Å². The molecule has 6 heteroatoms. The van der Waals surface area contributed by atoms with Crippen LogP contribution >= 0.6 is 11.8 Å². The number of aromatic hydroxyl groups is 1. The minimum atomic E-state index is -0.145. The molecule has 1 saturated heterocycles. The van der Waals surface area contributed by atoms with Crippen molar-refractivity contribution in [3.63, 3.8) is 0 Å². The van der Waals surface area contributed by atoms with E-state index in [-0.39, 0.29) is 11.3 Å². The lowest BCUT2D eigenvalue weighted by Gasteiger charge is -2.31. The van der Waals surface area contributed by atoms with Crippen LogP contribution in [0.2, 0.25) is 0 Å². The van der Waals surface area contributed by atoms with Crippen LogP contribution < -0.4 is 5.56 Å². The molecule has 0 saturated carbocycles. The van der Waals surface area contributed by atoms with Gasteiger partial charge < -0.3 is 5.11 Å². The molecular formula is C16H21N3O2S. The fourth-order valence-electron chi connectivity index (χ4n) is 3.02. The van der Waals surface area contributed by atoms with Crippen LogP contribution in [-0.2, 0) is 6.54 Å². The van der Waals surface area contributed by atoms with Crippen molar-refractivity contribution in [2.24, 2.45) is 5.92 Å². The standard InChI is InChI=1S/C16H21N3O2S/c1-22-11-12-4-7-18(8-5-12)10-13-9-15(21)19-6-2-3-14(20)16(19)17-13/h2-3,6,9,12,20H,4-5,7-8,10-11H2,1H3. The predicted molar refractivity (Wildman–Crippen MR) is 89.5 cm³/mol. The summed E-state index contributed by atoms with van der Waals surface area (Å²) in [6.45, 7) is 2.77. The number of hydrogen-bond donors (Lipinski definition) is 1. The third kappa shape index (κ3) is 3.28. The van der Waals surface area contributed by atoms with E-state index in [0.29, 0.717) is 12.2 Å². The number of pyridine rings is 1. The molecule has 1 aliphatic rings. The van der Waals surface area contributed by atoms with Gasteiger partial charge in [0.05, 0.1) is 5.69 Å². The summed E-state index contributed by atoms with van der Waals surface area (Å²) in [6, 6.07) is 4.77. The van der Waals surface area contributed by atoms with Gasteiger partial charge in [0, 0.05) is 18.8 Å². The summed E-state index contributed by atoms with van der Waals surface area (Å²) in [7, 11) is 0. The molecule has 1 N–H and O–H groups in total. The van der Waals surface area contributed by atoms with Crippen LogP contribution in [0.15, 0.2) is 29.2 Å². The lowest BCUT2D eigenvalue weighted by Crippen LogP contribution is -2.34. The second kappa shape index (κ2) is 6.71. The first-order chi connectivity index (χ1) is 10.7. The van der Waals surface area contributed by atoms with Crippen molar-refractivity contribution in [2.45, 2.75) is 19.4 Å². The number of rotatable bonds is 4. The van der Waals surface area contributed by atoms with Gasteiger partial charge in [0.25, 0.3) is 5.56 Å².